The van der Waals surface area contributed by atoms with Gasteiger partial charge >= 0.3 is 0 Å². The quantitative estimate of drug-likeness (QED) is 0.719. The molecule has 12 heavy (non-hydrogen) atoms. The van der Waals surface area contributed by atoms with Gasteiger partial charge in [-0.3, -0.25) is 0 Å². The third kappa shape index (κ3) is 1.43. The molecule has 2 heterocycles. The van der Waals surface area contributed by atoms with Gasteiger partial charge in [0, 0.05) is 30.8 Å². The Morgan fingerprint density at radius 3 is 2.42 bits per heavy atom. The summed E-state index contributed by atoms with van der Waals surface area (Å²) in [6.07, 6.45) is 5.01. The van der Waals surface area contributed by atoms with Crippen LogP contribution in [0.4, 0.5) is 5.95 Å². The molecule has 0 radical (unpaired) electrons. The van der Waals surface area contributed by atoms with E-state index in [-0.39, 0.29) is 0 Å². The van der Waals surface area contributed by atoms with Crippen LogP contribution < -0.4 is 4.90 Å². The van der Waals surface area contributed by atoms with Gasteiger partial charge in [0.2, 0.25) is 5.95 Å². The molecule has 0 amide bonds. The summed E-state index contributed by atoms with van der Waals surface area (Å²) < 4.78 is 0. The second-order valence-electron chi connectivity index (χ2n) is 2.87. The van der Waals surface area contributed by atoms with Crippen molar-refractivity contribution in [3.63, 3.8) is 0 Å². The zero-order chi connectivity index (χ0) is 8.39. The summed E-state index contributed by atoms with van der Waals surface area (Å²) in [5.41, 5.74) is 1.12. The Morgan fingerprint density at radius 1 is 1.33 bits per heavy atom. The van der Waals surface area contributed by atoms with Crippen molar-refractivity contribution in [2.45, 2.75) is 11.8 Å². The predicted octanol–water partition coefficient (Wildman–Crippen LogP) is 1.58. The summed E-state index contributed by atoms with van der Waals surface area (Å²) in [6, 6.07) is 0. The van der Waals surface area contributed by atoms with Crippen molar-refractivity contribution in [1.82, 2.24) is 9.97 Å². The number of nitrogens with zero attached hydrogens (tertiary/aromatic N) is 3. The predicted molar refractivity (Wildman–Crippen MR) is 51.5 cm³/mol. The molecule has 1 saturated heterocycles. The van der Waals surface area contributed by atoms with Gasteiger partial charge in [-0.1, -0.05) is 15.9 Å². The average Bonchev–Trinajstić information content (AvgIpc) is 2.03. The molecule has 0 aliphatic carbocycles. The van der Waals surface area contributed by atoms with E-state index in [1.165, 1.54) is 6.42 Å². The second kappa shape index (κ2) is 3.39. The van der Waals surface area contributed by atoms with E-state index in [1.54, 1.807) is 0 Å². The highest BCUT2D eigenvalue weighted by atomic mass is 79.9. The van der Waals surface area contributed by atoms with Crippen LogP contribution in [0.3, 0.4) is 0 Å². The minimum atomic E-state index is 0.827. The maximum absolute atomic E-state index is 4.26. The zero-order valence-electron chi connectivity index (χ0n) is 6.70. The van der Waals surface area contributed by atoms with Crippen LogP contribution in [0.1, 0.15) is 12.0 Å². The molecule has 64 valence electrons. The molecule has 0 N–H and O–H groups in total. The highest BCUT2D eigenvalue weighted by Crippen LogP contribution is 2.15. The number of hydrogen-bond acceptors (Lipinski definition) is 3. The SMILES string of the molecule is BrCc1cnc(N2CCC2)nc1. The van der Waals surface area contributed by atoms with Crippen molar-refractivity contribution in [3.05, 3.63) is 18.0 Å². The van der Waals surface area contributed by atoms with Gasteiger partial charge < -0.3 is 4.90 Å². The topological polar surface area (TPSA) is 29.0 Å². The van der Waals surface area contributed by atoms with Crippen molar-refractivity contribution < 1.29 is 0 Å². The number of alkyl halides is 1. The number of rotatable bonds is 2. The van der Waals surface area contributed by atoms with E-state index < -0.39 is 0 Å². The summed E-state index contributed by atoms with van der Waals surface area (Å²) >= 11 is 3.36. The van der Waals surface area contributed by atoms with E-state index in [4.69, 9.17) is 0 Å². The van der Waals surface area contributed by atoms with Crippen LogP contribution in [0.15, 0.2) is 12.4 Å². The maximum atomic E-state index is 4.26. The van der Waals surface area contributed by atoms with Crippen molar-refractivity contribution in [2.24, 2.45) is 0 Å². The standard InChI is InChI=1S/C8H10BrN3/c9-4-7-5-10-8(11-6-7)12-2-1-3-12/h5-6H,1-4H2. The molecule has 0 bridgehead atoms. The summed E-state index contributed by atoms with van der Waals surface area (Å²) in [4.78, 5) is 10.7. The van der Waals surface area contributed by atoms with E-state index >= 15 is 0 Å². The fourth-order valence-electron chi connectivity index (χ4n) is 1.10. The zero-order valence-corrected chi connectivity index (χ0v) is 8.29. The van der Waals surface area contributed by atoms with E-state index in [9.17, 15) is 0 Å². The number of hydrogen-bond donors (Lipinski definition) is 0. The molecule has 1 aliphatic heterocycles. The molecule has 1 aliphatic rings. The fraction of sp³-hybridized carbons (Fsp3) is 0.500. The first-order chi connectivity index (χ1) is 5.90. The lowest BCUT2D eigenvalue weighted by Crippen LogP contribution is -2.38. The first-order valence-electron chi connectivity index (χ1n) is 4.02. The Labute approximate surface area is 80.0 Å². The van der Waals surface area contributed by atoms with E-state index in [1.807, 2.05) is 12.4 Å². The summed E-state index contributed by atoms with van der Waals surface area (Å²) in [6.45, 7) is 2.21. The van der Waals surface area contributed by atoms with Crippen LogP contribution in [0.2, 0.25) is 0 Å². The van der Waals surface area contributed by atoms with Gasteiger partial charge in [-0.15, -0.1) is 0 Å². The van der Waals surface area contributed by atoms with E-state index in [2.05, 4.69) is 30.8 Å². The molecule has 0 atom stereocenters. The molecule has 2 rings (SSSR count). The van der Waals surface area contributed by atoms with Gasteiger partial charge in [-0.2, -0.15) is 0 Å². The van der Waals surface area contributed by atoms with Crippen LogP contribution >= 0.6 is 15.9 Å². The van der Waals surface area contributed by atoms with E-state index in [0.29, 0.717) is 0 Å². The van der Waals surface area contributed by atoms with Crippen LogP contribution in [0.5, 0.6) is 0 Å². The molecule has 0 unspecified atom stereocenters. The Hall–Kier alpha value is -0.640. The smallest absolute Gasteiger partial charge is 0.225 e. The number of aromatic nitrogens is 2. The first kappa shape index (κ1) is 7.98. The molecule has 1 aromatic heterocycles. The lowest BCUT2D eigenvalue weighted by Gasteiger charge is -2.30. The summed E-state index contributed by atoms with van der Waals surface area (Å²) in [5, 5.41) is 0.827. The fourth-order valence-corrected chi connectivity index (χ4v) is 1.39. The maximum Gasteiger partial charge on any atom is 0.225 e. The minimum absolute atomic E-state index is 0.827. The average molecular weight is 228 g/mol. The Morgan fingerprint density at radius 2 is 2.00 bits per heavy atom. The van der Waals surface area contributed by atoms with Crippen LogP contribution in [0.25, 0.3) is 0 Å². The molecular weight excluding hydrogens is 218 g/mol. The van der Waals surface area contributed by atoms with Crippen LogP contribution in [0, 0.1) is 0 Å². The molecular formula is C8H10BrN3. The largest absolute Gasteiger partial charge is 0.341 e. The number of anilines is 1. The van der Waals surface area contributed by atoms with Gasteiger partial charge in [0.1, 0.15) is 0 Å². The Kier molecular flexibility index (Phi) is 2.26. The minimum Gasteiger partial charge on any atom is -0.341 e. The Bertz CT molecular complexity index is 256. The molecule has 4 heteroatoms. The molecule has 3 nitrogen and oxygen atoms in total. The molecule has 1 aromatic rings. The van der Waals surface area contributed by atoms with Gasteiger partial charge in [0.25, 0.3) is 0 Å². The normalized spacial score (nSPS) is 15.9. The van der Waals surface area contributed by atoms with Gasteiger partial charge in [-0.05, 0) is 12.0 Å². The summed E-state index contributed by atoms with van der Waals surface area (Å²) in [5.74, 6) is 0.867. The van der Waals surface area contributed by atoms with Gasteiger partial charge in [0.05, 0.1) is 0 Å². The van der Waals surface area contributed by atoms with E-state index in [0.717, 1.165) is 29.9 Å². The van der Waals surface area contributed by atoms with Gasteiger partial charge in [-0.25, -0.2) is 9.97 Å². The molecule has 0 aromatic carbocycles. The molecule has 1 fully saturated rings. The first-order valence-corrected chi connectivity index (χ1v) is 5.14. The lowest BCUT2D eigenvalue weighted by molar-refractivity contribution is 0.600. The lowest BCUT2D eigenvalue weighted by atomic mass is 10.2. The third-order valence-corrected chi connectivity index (χ3v) is 2.63. The second-order valence-corrected chi connectivity index (χ2v) is 3.43. The third-order valence-electron chi connectivity index (χ3n) is 1.98. The van der Waals surface area contributed by atoms with Crippen LogP contribution in [-0.4, -0.2) is 23.1 Å². The van der Waals surface area contributed by atoms with Crippen LogP contribution in [-0.2, 0) is 5.33 Å². The number of halogens is 1. The monoisotopic (exact) mass is 227 g/mol. The highest BCUT2D eigenvalue weighted by Gasteiger charge is 2.16. The van der Waals surface area contributed by atoms with Gasteiger partial charge in [0.15, 0.2) is 0 Å². The molecule has 0 spiro atoms. The Balaban J connectivity index is 2.13. The van der Waals surface area contributed by atoms with Crippen molar-refractivity contribution in [2.75, 3.05) is 18.0 Å². The van der Waals surface area contributed by atoms with Crippen molar-refractivity contribution >= 4 is 21.9 Å². The molecule has 0 saturated carbocycles. The van der Waals surface area contributed by atoms with Crippen molar-refractivity contribution in [1.29, 1.82) is 0 Å². The van der Waals surface area contributed by atoms with Crippen molar-refractivity contribution in [3.8, 4) is 0 Å². The summed E-state index contributed by atoms with van der Waals surface area (Å²) in [7, 11) is 0. The highest BCUT2D eigenvalue weighted by molar-refractivity contribution is 9.08.